The van der Waals surface area contributed by atoms with Crippen LogP contribution in [0.4, 0.5) is 0 Å². The first-order valence-electron chi connectivity index (χ1n) is 11.4. The quantitative estimate of drug-likeness (QED) is 0.297. The molecule has 5 nitrogen and oxygen atoms in total. The van der Waals surface area contributed by atoms with Crippen molar-refractivity contribution in [1.29, 1.82) is 0 Å². The first-order valence-corrected chi connectivity index (χ1v) is 14.1. The predicted octanol–water partition coefficient (Wildman–Crippen LogP) is 5.40. The number of hydrogen-bond donors (Lipinski definition) is 1. The van der Waals surface area contributed by atoms with Crippen LogP contribution in [-0.2, 0) is 6.42 Å². The second kappa shape index (κ2) is 9.32. The fraction of sp³-hybridized carbons (Fsp3) is 0.143. The second-order valence-corrected chi connectivity index (χ2v) is 11.8. The van der Waals surface area contributed by atoms with Gasteiger partial charge in [0, 0.05) is 15.6 Å². The highest BCUT2D eigenvalue weighted by molar-refractivity contribution is 14.1. The summed E-state index contributed by atoms with van der Waals surface area (Å²) in [6.07, 6.45) is 3.50. The Morgan fingerprint density at radius 2 is 1.94 bits per heavy atom. The number of hydrogen-bond acceptors (Lipinski definition) is 5. The van der Waals surface area contributed by atoms with Crippen molar-refractivity contribution in [2.45, 2.75) is 18.9 Å². The molecule has 1 N–H and O–H groups in total. The third-order valence-electron chi connectivity index (χ3n) is 6.65. The van der Waals surface area contributed by atoms with Crippen LogP contribution in [0.25, 0.3) is 11.8 Å². The number of aromatic hydroxyl groups is 1. The van der Waals surface area contributed by atoms with Gasteiger partial charge < -0.3 is 9.84 Å². The van der Waals surface area contributed by atoms with Crippen LogP contribution in [-0.4, -0.2) is 16.8 Å². The predicted molar refractivity (Wildman–Crippen MR) is 154 cm³/mol. The molecule has 1 aromatic heterocycles. The van der Waals surface area contributed by atoms with E-state index in [9.17, 15) is 9.90 Å². The molecule has 4 aromatic rings. The molecule has 0 saturated carbocycles. The lowest BCUT2D eigenvalue weighted by Crippen LogP contribution is -2.38. The molecular weight excluding hydrogens is 651 g/mol. The lowest BCUT2D eigenvalue weighted by atomic mass is 9.83. The van der Waals surface area contributed by atoms with Crippen molar-refractivity contribution in [3.63, 3.8) is 0 Å². The van der Waals surface area contributed by atoms with Crippen molar-refractivity contribution in [2.24, 2.45) is 4.99 Å². The number of nitrogens with zero attached hydrogens (tertiary/aromatic N) is 2. The summed E-state index contributed by atoms with van der Waals surface area (Å²) in [6.45, 7) is 0. The van der Waals surface area contributed by atoms with E-state index in [0.29, 0.717) is 18.5 Å². The van der Waals surface area contributed by atoms with Crippen molar-refractivity contribution in [3.8, 4) is 11.5 Å². The van der Waals surface area contributed by atoms with Gasteiger partial charge in [-0.15, -0.1) is 0 Å². The van der Waals surface area contributed by atoms with Crippen molar-refractivity contribution in [2.75, 3.05) is 7.11 Å². The monoisotopic (exact) mass is 670 g/mol. The third-order valence-corrected chi connectivity index (χ3v) is 8.91. The molecule has 3 aromatic carbocycles. The molecule has 6 rings (SSSR count). The maximum absolute atomic E-state index is 13.9. The van der Waals surface area contributed by atoms with Gasteiger partial charge in [0.05, 0.1) is 27.0 Å². The molecule has 0 radical (unpaired) electrons. The minimum absolute atomic E-state index is 0.112. The van der Waals surface area contributed by atoms with E-state index in [1.807, 2.05) is 47.0 Å². The number of aryl methyl sites for hydroxylation is 1. The number of phenolic OH excluding ortho intramolecular Hbond substituents is 1. The van der Waals surface area contributed by atoms with Gasteiger partial charge in [-0.25, -0.2) is 4.99 Å². The summed E-state index contributed by atoms with van der Waals surface area (Å²) >= 11 is 6.94. The zero-order valence-electron chi connectivity index (χ0n) is 19.2. The molecule has 1 aliphatic carbocycles. The average molecular weight is 671 g/mol. The Morgan fingerprint density at radius 3 is 2.72 bits per heavy atom. The number of rotatable bonds is 3. The number of aromatic nitrogens is 1. The smallest absolute Gasteiger partial charge is 0.271 e. The summed E-state index contributed by atoms with van der Waals surface area (Å²) in [4.78, 5) is 19.6. The van der Waals surface area contributed by atoms with Crippen molar-refractivity contribution >= 4 is 61.6 Å². The van der Waals surface area contributed by atoms with Gasteiger partial charge in [-0.1, -0.05) is 63.7 Å². The number of halogens is 2. The molecule has 8 heteroatoms. The number of phenols is 1. The van der Waals surface area contributed by atoms with Gasteiger partial charge in [0.1, 0.15) is 11.5 Å². The van der Waals surface area contributed by atoms with Crippen molar-refractivity contribution < 1.29 is 9.84 Å². The molecule has 0 fully saturated rings. The highest BCUT2D eigenvalue weighted by Crippen LogP contribution is 2.41. The van der Waals surface area contributed by atoms with Crippen LogP contribution in [0.2, 0.25) is 0 Å². The molecule has 36 heavy (non-hydrogen) atoms. The fourth-order valence-corrected chi connectivity index (χ4v) is 7.49. The van der Waals surface area contributed by atoms with E-state index >= 15 is 0 Å². The summed E-state index contributed by atoms with van der Waals surface area (Å²) in [6, 6.07) is 19.7. The number of benzene rings is 3. The van der Waals surface area contributed by atoms with E-state index in [1.54, 1.807) is 13.2 Å². The number of allylic oxidation sites excluding steroid dienone is 1. The Kier molecular flexibility index (Phi) is 6.13. The van der Waals surface area contributed by atoms with Gasteiger partial charge in [-0.3, -0.25) is 9.36 Å². The summed E-state index contributed by atoms with van der Waals surface area (Å²) in [5.41, 5.74) is 6.02. The zero-order chi connectivity index (χ0) is 25.0. The van der Waals surface area contributed by atoms with Gasteiger partial charge in [0.2, 0.25) is 0 Å². The van der Waals surface area contributed by atoms with Crippen LogP contribution in [0, 0.1) is 3.57 Å². The first-order chi connectivity index (χ1) is 17.4. The summed E-state index contributed by atoms with van der Waals surface area (Å²) < 4.78 is 9.27. The molecule has 0 amide bonds. The topological polar surface area (TPSA) is 63.8 Å². The van der Waals surface area contributed by atoms with E-state index in [4.69, 9.17) is 9.73 Å². The molecule has 0 unspecified atom stereocenters. The Morgan fingerprint density at radius 1 is 1.17 bits per heavy atom. The van der Waals surface area contributed by atoms with Gasteiger partial charge in [0.15, 0.2) is 4.80 Å². The summed E-state index contributed by atoms with van der Waals surface area (Å²) in [7, 11) is 1.65. The van der Waals surface area contributed by atoms with E-state index in [1.165, 1.54) is 16.9 Å². The van der Waals surface area contributed by atoms with Gasteiger partial charge >= 0.3 is 0 Å². The number of ether oxygens (including phenoxy) is 1. The van der Waals surface area contributed by atoms with E-state index in [2.05, 4.69) is 56.7 Å². The van der Waals surface area contributed by atoms with E-state index in [0.717, 1.165) is 45.5 Å². The van der Waals surface area contributed by atoms with Crippen molar-refractivity contribution in [1.82, 2.24) is 4.57 Å². The molecule has 180 valence electrons. The third kappa shape index (κ3) is 3.95. The SMILES string of the molecule is COc1ccc([C@@H]2C3=C(N=c4s/c(=C\c5cc(Br)cc(I)c5O)c(=O)n42)c2ccccc2CC3)cc1. The first kappa shape index (κ1) is 23.7. The average Bonchev–Trinajstić information content (AvgIpc) is 3.20. The Balaban J connectivity index is 1.62. The summed E-state index contributed by atoms with van der Waals surface area (Å²) in [5.74, 6) is 0.929. The summed E-state index contributed by atoms with van der Waals surface area (Å²) in [5, 5.41) is 10.6. The standard InChI is InChI=1S/C28H20BrIN2O3S/c1-35-19-9-6-16(7-10-19)25-21-11-8-15-4-2-3-5-20(15)24(21)31-28-32(25)27(34)23(36-28)13-17-12-18(29)14-22(30)26(17)33/h2-7,9-10,12-14,25,33H,8,11H2,1H3/b23-13-/t25-/m1/s1. The van der Waals surface area contributed by atoms with Crippen LogP contribution >= 0.6 is 49.9 Å². The fourth-order valence-electron chi connectivity index (χ4n) is 4.95. The largest absolute Gasteiger partial charge is 0.506 e. The molecule has 0 bridgehead atoms. The van der Waals surface area contributed by atoms with E-state index < -0.39 is 0 Å². The lowest BCUT2D eigenvalue weighted by Gasteiger charge is -2.30. The molecule has 2 heterocycles. The highest BCUT2D eigenvalue weighted by atomic mass is 127. The minimum atomic E-state index is -0.256. The Labute approximate surface area is 233 Å². The normalized spacial score (nSPS) is 16.8. The van der Waals surface area contributed by atoms with Gasteiger partial charge in [-0.05, 0) is 82.5 Å². The number of methoxy groups -OCH3 is 1. The number of thiazole rings is 1. The lowest BCUT2D eigenvalue weighted by molar-refractivity contribution is 0.414. The van der Waals surface area contributed by atoms with Crippen LogP contribution in [0.3, 0.4) is 0 Å². The van der Waals surface area contributed by atoms with E-state index in [-0.39, 0.29) is 17.4 Å². The maximum Gasteiger partial charge on any atom is 0.271 e. The van der Waals surface area contributed by atoms with Crippen LogP contribution in [0.5, 0.6) is 11.5 Å². The molecule has 1 atom stereocenters. The zero-order valence-corrected chi connectivity index (χ0v) is 23.7. The minimum Gasteiger partial charge on any atom is -0.506 e. The molecule has 0 saturated heterocycles. The van der Waals surface area contributed by atoms with Crippen LogP contribution in [0.1, 0.15) is 34.7 Å². The molecule has 1 aliphatic heterocycles. The molecule has 2 aliphatic rings. The maximum atomic E-state index is 13.9. The molecular formula is C28H20BrIN2O3S. The highest BCUT2D eigenvalue weighted by Gasteiger charge is 2.32. The van der Waals surface area contributed by atoms with Crippen LogP contribution in [0.15, 0.2) is 80.5 Å². The second-order valence-electron chi connectivity index (χ2n) is 8.71. The van der Waals surface area contributed by atoms with Gasteiger partial charge in [-0.2, -0.15) is 0 Å². The Hall–Kier alpha value is -2.69. The number of fused-ring (bicyclic) bond motifs is 3. The Bertz CT molecular complexity index is 1740. The van der Waals surface area contributed by atoms with Gasteiger partial charge in [0.25, 0.3) is 5.56 Å². The van der Waals surface area contributed by atoms with Crippen molar-refractivity contribution in [3.05, 3.63) is 116 Å². The van der Waals surface area contributed by atoms with Crippen LogP contribution < -0.4 is 19.6 Å². The molecule has 0 spiro atoms.